The summed E-state index contributed by atoms with van der Waals surface area (Å²) < 4.78 is 0. The summed E-state index contributed by atoms with van der Waals surface area (Å²) in [5, 5.41) is 2.50. The van der Waals surface area contributed by atoms with Crippen molar-refractivity contribution < 1.29 is 0 Å². The quantitative estimate of drug-likeness (QED) is 0.132. The van der Waals surface area contributed by atoms with Gasteiger partial charge in [0.15, 0.2) is 0 Å². The van der Waals surface area contributed by atoms with Crippen LogP contribution >= 0.6 is 0 Å². The SMILES string of the molecule is c1ccc(-c2ccccc2-c2ccc(N(c3ccc(-c4cccc(-c5ccc6ccccc6c5)c4)cc3)c3ccc(-c4cccc5c4-c4ccccc4C5(c4ccccc4)c4ccccc4)cc3)cc2)cc1. The number of nitrogens with zero attached hydrogens (tertiary/aromatic N) is 1. The molecule has 0 saturated heterocycles. The molecule has 0 spiro atoms. The van der Waals surface area contributed by atoms with Gasteiger partial charge in [-0.3, -0.25) is 0 Å². The molecule has 0 aliphatic heterocycles. The fourth-order valence-electron chi connectivity index (χ4n) is 11.4. The zero-order valence-corrected chi connectivity index (χ0v) is 39.7. The first-order chi connectivity index (χ1) is 35.7. The largest absolute Gasteiger partial charge is 0.311 e. The van der Waals surface area contributed by atoms with Crippen LogP contribution in [-0.2, 0) is 5.41 Å². The lowest BCUT2D eigenvalue weighted by Gasteiger charge is -2.34. The highest BCUT2D eigenvalue weighted by Crippen LogP contribution is 2.58. The molecule has 1 aliphatic carbocycles. The Morgan fingerprint density at radius 1 is 0.222 bits per heavy atom. The Bertz CT molecular complexity index is 3840. The fraction of sp³-hybridized carbons (Fsp3) is 0.0141. The second-order valence-corrected chi connectivity index (χ2v) is 18.8. The average Bonchev–Trinajstić information content (AvgIpc) is 3.78. The first-order valence-corrected chi connectivity index (χ1v) is 24.9. The summed E-state index contributed by atoms with van der Waals surface area (Å²) in [4.78, 5) is 2.38. The van der Waals surface area contributed by atoms with Crippen molar-refractivity contribution in [2.45, 2.75) is 5.41 Å². The Morgan fingerprint density at radius 2 is 0.611 bits per heavy atom. The molecule has 1 heteroatoms. The van der Waals surface area contributed by atoms with E-state index in [1.807, 2.05) is 0 Å². The molecule has 0 saturated carbocycles. The zero-order valence-electron chi connectivity index (χ0n) is 39.7. The molecule has 12 aromatic carbocycles. The second kappa shape index (κ2) is 18.2. The number of hydrogen-bond acceptors (Lipinski definition) is 1. The van der Waals surface area contributed by atoms with Gasteiger partial charge < -0.3 is 4.90 Å². The molecule has 0 N–H and O–H groups in total. The summed E-state index contributed by atoms with van der Waals surface area (Å²) >= 11 is 0. The standard InChI is InChI=1S/C71H49N/c1-4-19-52(20-5-1)64-28-12-13-29-65(64)53-38-44-62(45-39-53)72(61-42-36-51(37-43-61)56-22-16-23-57(48-56)58-35-34-50-18-10-11-21-55(50)49-58)63-46-40-54(41-47-63)66-31-17-33-69-70(66)67-30-14-15-32-68(67)71(69,59-24-6-2-7-25-59)60-26-8-3-9-27-60/h1-49H. The van der Waals surface area contributed by atoms with Gasteiger partial charge in [-0.2, -0.15) is 0 Å². The lowest BCUT2D eigenvalue weighted by atomic mass is 9.67. The highest BCUT2D eigenvalue weighted by Gasteiger charge is 2.46. The van der Waals surface area contributed by atoms with Gasteiger partial charge in [0.25, 0.3) is 0 Å². The summed E-state index contributed by atoms with van der Waals surface area (Å²) in [5.74, 6) is 0. The van der Waals surface area contributed by atoms with E-state index in [1.165, 1.54) is 99.8 Å². The third-order valence-corrected chi connectivity index (χ3v) is 14.8. The molecule has 13 rings (SSSR count). The van der Waals surface area contributed by atoms with Crippen LogP contribution in [0.1, 0.15) is 22.3 Å². The Morgan fingerprint density at radius 3 is 1.22 bits per heavy atom. The number of benzene rings is 12. The van der Waals surface area contributed by atoms with Crippen molar-refractivity contribution in [2.24, 2.45) is 0 Å². The van der Waals surface area contributed by atoms with E-state index in [1.54, 1.807) is 0 Å². The smallest absolute Gasteiger partial charge is 0.0713 e. The molecule has 0 unspecified atom stereocenters. The molecule has 1 nitrogen and oxygen atoms in total. The molecule has 0 amide bonds. The molecule has 338 valence electrons. The summed E-state index contributed by atoms with van der Waals surface area (Å²) in [5.41, 5.74) is 22.5. The molecule has 12 aromatic rings. The highest BCUT2D eigenvalue weighted by molar-refractivity contribution is 5.96. The van der Waals surface area contributed by atoms with Crippen LogP contribution in [0, 0.1) is 0 Å². The van der Waals surface area contributed by atoms with Crippen LogP contribution in [0.25, 0.3) is 77.5 Å². The predicted octanol–water partition coefficient (Wildman–Crippen LogP) is 19.0. The number of anilines is 3. The third kappa shape index (κ3) is 7.42. The zero-order chi connectivity index (χ0) is 47.8. The summed E-state index contributed by atoms with van der Waals surface area (Å²) in [6, 6.07) is 109. The van der Waals surface area contributed by atoms with E-state index in [0.717, 1.165) is 17.1 Å². The Kier molecular flexibility index (Phi) is 10.8. The minimum absolute atomic E-state index is 0.459. The maximum Gasteiger partial charge on any atom is 0.0713 e. The molecule has 0 heterocycles. The van der Waals surface area contributed by atoms with Crippen molar-refractivity contribution in [3.05, 3.63) is 320 Å². The summed E-state index contributed by atoms with van der Waals surface area (Å²) in [7, 11) is 0. The van der Waals surface area contributed by atoms with E-state index in [9.17, 15) is 0 Å². The lowest BCUT2D eigenvalue weighted by Crippen LogP contribution is -2.28. The molecule has 0 fully saturated rings. The lowest BCUT2D eigenvalue weighted by molar-refractivity contribution is 0.768. The Labute approximate surface area is 422 Å². The molecule has 72 heavy (non-hydrogen) atoms. The number of rotatable bonds is 10. The Balaban J connectivity index is 0.901. The van der Waals surface area contributed by atoms with Crippen LogP contribution in [0.2, 0.25) is 0 Å². The minimum Gasteiger partial charge on any atom is -0.311 e. The molecular formula is C71H49N. The molecule has 0 bridgehead atoms. The van der Waals surface area contributed by atoms with Crippen molar-refractivity contribution in [1.29, 1.82) is 0 Å². The predicted molar refractivity (Wildman–Crippen MR) is 303 cm³/mol. The van der Waals surface area contributed by atoms with Crippen LogP contribution in [0.4, 0.5) is 17.1 Å². The topological polar surface area (TPSA) is 3.24 Å². The first kappa shape index (κ1) is 42.8. The van der Waals surface area contributed by atoms with Gasteiger partial charge in [-0.15, -0.1) is 0 Å². The minimum atomic E-state index is -0.459. The van der Waals surface area contributed by atoms with Crippen LogP contribution < -0.4 is 4.90 Å². The maximum absolute atomic E-state index is 2.38. The maximum atomic E-state index is 2.38. The van der Waals surface area contributed by atoms with Gasteiger partial charge >= 0.3 is 0 Å². The number of hydrogen-bond donors (Lipinski definition) is 0. The van der Waals surface area contributed by atoms with Crippen molar-refractivity contribution in [3.63, 3.8) is 0 Å². The molecule has 1 aliphatic rings. The van der Waals surface area contributed by atoms with E-state index in [-0.39, 0.29) is 0 Å². The van der Waals surface area contributed by atoms with Gasteiger partial charge in [0, 0.05) is 17.1 Å². The van der Waals surface area contributed by atoms with Crippen LogP contribution in [0.3, 0.4) is 0 Å². The van der Waals surface area contributed by atoms with E-state index >= 15 is 0 Å². The van der Waals surface area contributed by atoms with Crippen molar-refractivity contribution >= 4 is 27.8 Å². The van der Waals surface area contributed by atoms with Gasteiger partial charge in [0.1, 0.15) is 0 Å². The van der Waals surface area contributed by atoms with Gasteiger partial charge in [-0.25, -0.2) is 0 Å². The molecule has 0 atom stereocenters. The van der Waals surface area contributed by atoms with Crippen molar-refractivity contribution in [2.75, 3.05) is 4.90 Å². The monoisotopic (exact) mass is 915 g/mol. The van der Waals surface area contributed by atoms with E-state index in [2.05, 4.69) is 302 Å². The third-order valence-electron chi connectivity index (χ3n) is 14.8. The van der Waals surface area contributed by atoms with Gasteiger partial charge in [-0.1, -0.05) is 249 Å². The van der Waals surface area contributed by atoms with E-state index in [0.29, 0.717) is 0 Å². The van der Waals surface area contributed by atoms with Crippen molar-refractivity contribution in [1.82, 2.24) is 0 Å². The van der Waals surface area contributed by atoms with Crippen LogP contribution in [-0.4, -0.2) is 0 Å². The van der Waals surface area contributed by atoms with Gasteiger partial charge in [0.2, 0.25) is 0 Å². The van der Waals surface area contributed by atoms with Gasteiger partial charge in [0.05, 0.1) is 5.41 Å². The van der Waals surface area contributed by atoms with Crippen LogP contribution in [0.5, 0.6) is 0 Å². The van der Waals surface area contributed by atoms with E-state index < -0.39 is 5.41 Å². The number of fused-ring (bicyclic) bond motifs is 4. The van der Waals surface area contributed by atoms with E-state index in [4.69, 9.17) is 0 Å². The normalized spacial score (nSPS) is 12.3. The molecule has 0 aromatic heterocycles. The molecule has 0 radical (unpaired) electrons. The van der Waals surface area contributed by atoms with Gasteiger partial charge in [-0.05, 0) is 148 Å². The van der Waals surface area contributed by atoms with Crippen molar-refractivity contribution in [3.8, 4) is 66.8 Å². The summed E-state index contributed by atoms with van der Waals surface area (Å²) in [6.07, 6.45) is 0. The summed E-state index contributed by atoms with van der Waals surface area (Å²) in [6.45, 7) is 0. The Hall–Kier alpha value is -9.30. The van der Waals surface area contributed by atoms with Crippen LogP contribution in [0.15, 0.2) is 297 Å². The fourth-order valence-corrected chi connectivity index (χ4v) is 11.4. The highest BCUT2D eigenvalue weighted by atomic mass is 15.1. The molecular weight excluding hydrogens is 867 g/mol. The first-order valence-electron chi connectivity index (χ1n) is 24.9. The average molecular weight is 916 g/mol. The second-order valence-electron chi connectivity index (χ2n) is 18.8.